The van der Waals surface area contributed by atoms with Crippen LogP contribution in [0.15, 0.2) is 0 Å². The Morgan fingerprint density at radius 1 is 0.667 bits per heavy atom. The fraction of sp³-hybridized carbons (Fsp3) is 0.857. The second kappa shape index (κ2) is 16.1. The van der Waals surface area contributed by atoms with Crippen molar-refractivity contribution in [2.24, 2.45) is 5.73 Å². The van der Waals surface area contributed by atoms with Gasteiger partial charge in [-0.05, 0) is 33.4 Å². The van der Waals surface area contributed by atoms with Gasteiger partial charge in [-0.3, -0.25) is 19.2 Å². The summed E-state index contributed by atoms with van der Waals surface area (Å²) in [5.74, 6) is -1.36. The minimum Gasteiger partial charge on any atom is -0.389 e. The number of aliphatic hydroxyl groups is 2. The molecule has 0 radical (unpaired) electrons. The number of amides is 4. The first-order chi connectivity index (χ1) is 21.0. The normalized spacial score (nSPS) is 41.9. The molecule has 6 unspecified atom stereocenters. The van der Waals surface area contributed by atoms with Gasteiger partial charge in [0, 0.05) is 27.2 Å². The third-order valence-corrected chi connectivity index (χ3v) is 8.49. The largest absolute Gasteiger partial charge is 0.389 e. The Morgan fingerprint density at radius 3 is 1.67 bits per heavy atom. The number of rotatable bonds is 10. The molecule has 0 saturated carbocycles. The van der Waals surface area contributed by atoms with Crippen LogP contribution >= 0.6 is 12.6 Å². The van der Waals surface area contributed by atoms with Crippen LogP contribution in [0.4, 0.5) is 0 Å². The molecular formula is C28H49N5O11S. The number of thiol groups is 1. The fourth-order valence-corrected chi connectivity index (χ4v) is 6.23. The van der Waals surface area contributed by atoms with Crippen molar-refractivity contribution in [1.82, 2.24) is 21.3 Å². The average molecular weight is 664 g/mol. The minimum atomic E-state index is -1.44. The summed E-state index contributed by atoms with van der Waals surface area (Å²) >= 11 is 4.06. The van der Waals surface area contributed by atoms with E-state index in [1.54, 1.807) is 27.7 Å². The van der Waals surface area contributed by atoms with Gasteiger partial charge in [0.05, 0.1) is 42.5 Å². The van der Waals surface area contributed by atoms with Crippen molar-refractivity contribution in [2.75, 3.05) is 5.75 Å². The van der Waals surface area contributed by atoms with Gasteiger partial charge in [-0.15, -0.1) is 0 Å². The van der Waals surface area contributed by atoms with E-state index >= 15 is 0 Å². The molecule has 0 aromatic carbocycles. The molecule has 3 saturated heterocycles. The van der Waals surface area contributed by atoms with Gasteiger partial charge in [0.1, 0.15) is 36.5 Å². The van der Waals surface area contributed by atoms with E-state index in [0.717, 1.165) is 0 Å². The molecule has 8 N–H and O–H groups in total. The van der Waals surface area contributed by atoms with Crippen molar-refractivity contribution >= 4 is 36.3 Å². The highest BCUT2D eigenvalue weighted by Crippen LogP contribution is 2.32. The van der Waals surface area contributed by atoms with E-state index in [-0.39, 0.29) is 18.2 Å². The Hall–Kier alpha value is -2.09. The van der Waals surface area contributed by atoms with E-state index < -0.39 is 103 Å². The van der Waals surface area contributed by atoms with E-state index in [0.29, 0.717) is 5.75 Å². The molecule has 0 aliphatic carbocycles. The van der Waals surface area contributed by atoms with Gasteiger partial charge < -0.3 is 60.9 Å². The number of aliphatic hydroxyl groups excluding tert-OH is 2. The van der Waals surface area contributed by atoms with E-state index in [4.69, 9.17) is 29.4 Å². The maximum atomic E-state index is 12.3. The molecule has 16 nitrogen and oxygen atoms in total. The summed E-state index contributed by atoms with van der Waals surface area (Å²) < 4.78 is 30.6. The Bertz CT molecular complexity index is 1060. The number of nitrogens with two attached hydrogens (primary N) is 1. The van der Waals surface area contributed by atoms with Crippen LogP contribution in [0.1, 0.15) is 54.9 Å². The minimum absolute atomic E-state index is 0.114. The zero-order valence-corrected chi connectivity index (χ0v) is 27.6. The van der Waals surface area contributed by atoms with Crippen molar-refractivity contribution in [2.45, 2.75) is 147 Å². The molecule has 15 atom stereocenters. The number of nitrogens with one attached hydrogen (secondary N) is 4. The van der Waals surface area contributed by atoms with Crippen molar-refractivity contribution in [1.29, 1.82) is 0 Å². The highest BCUT2D eigenvalue weighted by atomic mass is 32.1. The Labute approximate surface area is 268 Å². The maximum absolute atomic E-state index is 12.3. The molecule has 0 aromatic heterocycles. The summed E-state index contributed by atoms with van der Waals surface area (Å²) in [5.41, 5.74) is 6.44. The average Bonchev–Trinajstić information content (AvgIpc) is 2.93. The smallest absolute Gasteiger partial charge is 0.221 e. The lowest BCUT2D eigenvalue weighted by atomic mass is 9.91. The topological polar surface area (TPSA) is 229 Å². The molecule has 3 aliphatic heterocycles. The lowest BCUT2D eigenvalue weighted by Gasteiger charge is -2.50. The van der Waals surface area contributed by atoms with Crippen LogP contribution < -0.4 is 27.0 Å². The lowest BCUT2D eigenvalue weighted by molar-refractivity contribution is -0.326. The maximum Gasteiger partial charge on any atom is 0.221 e. The van der Waals surface area contributed by atoms with Crippen LogP contribution in [0.5, 0.6) is 0 Å². The first-order valence-corrected chi connectivity index (χ1v) is 15.8. The van der Waals surface area contributed by atoms with Crippen LogP contribution in [0.25, 0.3) is 0 Å². The summed E-state index contributed by atoms with van der Waals surface area (Å²) in [5, 5.41) is 33.6. The number of hydrogen-bond donors (Lipinski definition) is 8. The highest BCUT2D eigenvalue weighted by Gasteiger charge is 2.53. The second-order valence-corrected chi connectivity index (χ2v) is 12.4. The van der Waals surface area contributed by atoms with Gasteiger partial charge in [-0.25, -0.2) is 0 Å². The van der Waals surface area contributed by atoms with E-state index in [9.17, 15) is 29.4 Å². The predicted octanol–water partition coefficient (Wildman–Crippen LogP) is -2.58. The van der Waals surface area contributed by atoms with Gasteiger partial charge in [-0.2, -0.15) is 12.6 Å². The van der Waals surface area contributed by atoms with Crippen LogP contribution in [0, 0.1) is 0 Å². The SMILES string of the molecule is CC(=O)NC1[C@H](O[C@H]2C(C)O[C@@H](O[C@@H]3C(NC(C)=O)[C@H](C)OC(C)[C@@H]3N)C(NC(C)=O)[C@H]2O)OC(C)[C@H](NC(=O)CCS)[C@@H]1O. The number of carbonyl (C=O) groups is 4. The highest BCUT2D eigenvalue weighted by molar-refractivity contribution is 7.80. The molecule has 0 spiro atoms. The summed E-state index contributed by atoms with van der Waals surface area (Å²) in [6.45, 7) is 10.7. The van der Waals surface area contributed by atoms with E-state index in [2.05, 4.69) is 33.9 Å². The quantitative estimate of drug-likeness (QED) is 0.113. The van der Waals surface area contributed by atoms with Crippen molar-refractivity contribution in [3.05, 3.63) is 0 Å². The van der Waals surface area contributed by atoms with Crippen LogP contribution in [-0.2, 0) is 42.9 Å². The molecule has 0 aromatic rings. The van der Waals surface area contributed by atoms with Gasteiger partial charge >= 0.3 is 0 Å². The Balaban J connectivity index is 1.85. The van der Waals surface area contributed by atoms with E-state index in [1.807, 2.05) is 0 Å². The number of ether oxygens (including phenoxy) is 5. The molecule has 3 aliphatic rings. The molecule has 3 heterocycles. The summed E-state index contributed by atoms with van der Waals surface area (Å²) in [6.07, 6.45) is -9.66. The van der Waals surface area contributed by atoms with Gasteiger partial charge in [0.2, 0.25) is 23.6 Å². The first-order valence-electron chi connectivity index (χ1n) is 15.2. The third-order valence-electron chi connectivity index (χ3n) is 8.26. The summed E-state index contributed by atoms with van der Waals surface area (Å²) in [6, 6.07) is -4.54. The second-order valence-electron chi connectivity index (χ2n) is 12.0. The summed E-state index contributed by atoms with van der Waals surface area (Å²) in [7, 11) is 0. The van der Waals surface area contributed by atoms with Gasteiger partial charge in [0.25, 0.3) is 0 Å². The third kappa shape index (κ3) is 9.26. The monoisotopic (exact) mass is 663 g/mol. The van der Waals surface area contributed by atoms with Gasteiger partial charge in [-0.1, -0.05) is 0 Å². The molecule has 45 heavy (non-hydrogen) atoms. The molecule has 4 amide bonds. The van der Waals surface area contributed by atoms with Crippen LogP contribution in [-0.4, -0.2) is 131 Å². The molecule has 258 valence electrons. The number of hydrogen-bond acceptors (Lipinski definition) is 13. The first kappa shape index (κ1) is 37.4. The molecule has 0 bridgehead atoms. The zero-order chi connectivity index (χ0) is 33.7. The lowest BCUT2D eigenvalue weighted by Crippen LogP contribution is -2.71. The number of carbonyl (C=O) groups excluding carboxylic acids is 4. The van der Waals surface area contributed by atoms with Crippen molar-refractivity contribution in [3.63, 3.8) is 0 Å². The van der Waals surface area contributed by atoms with Crippen molar-refractivity contribution < 1.29 is 53.1 Å². The van der Waals surface area contributed by atoms with Gasteiger partial charge in [0.15, 0.2) is 12.6 Å². The standard InChI is InChI=1S/C28H49N5O11S/c1-10-18(29)26(20(12(3)40-10)30-14(5)34)44-28-22(32-16(7)36)24(39)25(13(4)42-28)43-27-21(31-15(6)35)23(38)19(11(2)41-27)33-17(37)8-9-45/h10-13,18-28,38-39,45H,8-9,29H2,1-7H3,(H,30,34)(H,31,35)(H,32,36)(H,33,37)/t10?,11?,12-,13?,18-,19-,20?,21?,22?,23-,24+,25-,26-,27-,28-/m0/s1. The van der Waals surface area contributed by atoms with Crippen molar-refractivity contribution in [3.8, 4) is 0 Å². The van der Waals surface area contributed by atoms with Crippen LogP contribution in [0.2, 0.25) is 0 Å². The molecule has 3 rings (SSSR count). The van der Waals surface area contributed by atoms with Crippen LogP contribution in [0.3, 0.4) is 0 Å². The predicted molar refractivity (Wildman–Crippen MR) is 162 cm³/mol. The zero-order valence-electron chi connectivity index (χ0n) is 26.7. The Morgan fingerprint density at radius 2 is 1.13 bits per heavy atom. The fourth-order valence-electron chi connectivity index (χ4n) is 6.03. The van der Waals surface area contributed by atoms with E-state index in [1.165, 1.54) is 20.8 Å². The summed E-state index contributed by atoms with van der Waals surface area (Å²) in [4.78, 5) is 48.6. The molecule has 3 fully saturated rings. The Kier molecular flexibility index (Phi) is 13.4. The molecule has 17 heteroatoms. The molecular weight excluding hydrogens is 614 g/mol.